The van der Waals surface area contributed by atoms with Crippen LogP contribution < -0.4 is 11.1 Å². The quantitative estimate of drug-likeness (QED) is 0.715. The fourth-order valence-corrected chi connectivity index (χ4v) is 1.64. The molecule has 0 aromatic heterocycles. The number of rotatable bonds is 7. The van der Waals surface area contributed by atoms with E-state index in [1.54, 1.807) is 0 Å². The first kappa shape index (κ1) is 12.2. The SMILES string of the molecule is CCCNC(CN)CCc1ccccc1. The summed E-state index contributed by atoms with van der Waals surface area (Å²) in [6.07, 6.45) is 3.40. The van der Waals surface area contributed by atoms with Crippen molar-refractivity contribution < 1.29 is 0 Å². The summed E-state index contributed by atoms with van der Waals surface area (Å²) >= 11 is 0. The van der Waals surface area contributed by atoms with E-state index in [-0.39, 0.29) is 0 Å². The van der Waals surface area contributed by atoms with E-state index < -0.39 is 0 Å². The Kier molecular flexibility index (Phi) is 6.05. The van der Waals surface area contributed by atoms with Gasteiger partial charge in [0.1, 0.15) is 0 Å². The number of nitrogens with two attached hydrogens (primary N) is 1. The Labute approximate surface area is 92.9 Å². The number of nitrogens with one attached hydrogen (secondary N) is 1. The van der Waals surface area contributed by atoms with Gasteiger partial charge in [0.15, 0.2) is 0 Å². The van der Waals surface area contributed by atoms with Crippen molar-refractivity contribution in [2.24, 2.45) is 5.73 Å². The molecule has 0 radical (unpaired) electrons. The van der Waals surface area contributed by atoms with Gasteiger partial charge < -0.3 is 11.1 Å². The highest BCUT2D eigenvalue weighted by Crippen LogP contribution is 2.04. The molecule has 0 bridgehead atoms. The molecule has 0 aliphatic rings. The van der Waals surface area contributed by atoms with Crippen LogP contribution >= 0.6 is 0 Å². The van der Waals surface area contributed by atoms with Gasteiger partial charge in [-0.2, -0.15) is 0 Å². The molecule has 1 unspecified atom stereocenters. The highest BCUT2D eigenvalue weighted by atomic mass is 14.9. The van der Waals surface area contributed by atoms with E-state index in [1.807, 2.05) is 0 Å². The third-order valence-corrected chi connectivity index (χ3v) is 2.59. The zero-order valence-corrected chi connectivity index (χ0v) is 9.58. The molecule has 1 rings (SSSR count). The van der Waals surface area contributed by atoms with E-state index in [0.717, 1.165) is 25.9 Å². The summed E-state index contributed by atoms with van der Waals surface area (Å²) in [6, 6.07) is 11.0. The van der Waals surface area contributed by atoms with Crippen LogP contribution in [0.2, 0.25) is 0 Å². The fraction of sp³-hybridized carbons (Fsp3) is 0.538. The topological polar surface area (TPSA) is 38.0 Å². The van der Waals surface area contributed by atoms with E-state index >= 15 is 0 Å². The summed E-state index contributed by atoms with van der Waals surface area (Å²) in [5.41, 5.74) is 7.11. The molecule has 0 spiro atoms. The lowest BCUT2D eigenvalue weighted by atomic mass is 10.1. The minimum Gasteiger partial charge on any atom is -0.329 e. The Morgan fingerprint density at radius 3 is 2.60 bits per heavy atom. The minimum atomic E-state index is 0.463. The van der Waals surface area contributed by atoms with Crippen molar-refractivity contribution in [3.05, 3.63) is 35.9 Å². The molecule has 0 aliphatic heterocycles. The molecule has 0 saturated heterocycles. The largest absolute Gasteiger partial charge is 0.329 e. The molecule has 2 heteroatoms. The minimum absolute atomic E-state index is 0.463. The van der Waals surface area contributed by atoms with Crippen molar-refractivity contribution in [2.75, 3.05) is 13.1 Å². The summed E-state index contributed by atoms with van der Waals surface area (Å²) in [5.74, 6) is 0. The third-order valence-electron chi connectivity index (χ3n) is 2.59. The van der Waals surface area contributed by atoms with Crippen molar-refractivity contribution in [2.45, 2.75) is 32.2 Å². The molecule has 0 amide bonds. The van der Waals surface area contributed by atoms with Crippen LogP contribution in [0.3, 0.4) is 0 Å². The average molecular weight is 206 g/mol. The Morgan fingerprint density at radius 2 is 2.00 bits per heavy atom. The smallest absolute Gasteiger partial charge is 0.0193 e. The molecule has 0 heterocycles. The second-order valence-corrected chi connectivity index (χ2v) is 3.91. The molecule has 1 atom stereocenters. The molecule has 84 valence electrons. The number of aryl methyl sites for hydroxylation is 1. The maximum atomic E-state index is 5.72. The average Bonchev–Trinajstić information content (AvgIpc) is 2.31. The predicted molar refractivity (Wildman–Crippen MR) is 65.9 cm³/mol. The van der Waals surface area contributed by atoms with E-state index in [4.69, 9.17) is 5.73 Å². The van der Waals surface area contributed by atoms with Crippen LogP contribution in [-0.4, -0.2) is 19.1 Å². The van der Waals surface area contributed by atoms with Crippen LogP contribution in [0.25, 0.3) is 0 Å². The van der Waals surface area contributed by atoms with E-state index in [0.29, 0.717) is 6.04 Å². The number of hydrogen-bond donors (Lipinski definition) is 2. The maximum Gasteiger partial charge on any atom is 0.0193 e. The second kappa shape index (κ2) is 7.43. The first-order valence-electron chi connectivity index (χ1n) is 5.84. The molecule has 1 aromatic carbocycles. The van der Waals surface area contributed by atoms with Crippen LogP contribution in [0, 0.1) is 0 Å². The third kappa shape index (κ3) is 4.96. The summed E-state index contributed by atoms with van der Waals surface area (Å²) in [7, 11) is 0. The summed E-state index contributed by atoms with van der Waals surface area (Å²) in [5, 5.41) is 3.46. The lowest BCUT2D eigenvalue weighted by Crippen LogP contribution is -2.36. The van der Waals surface area contributed by atoms with Gasteiger partial charge in [-0.15, -0.1) is 0 Å². The van der Waals surface area contributed by atoms with Gasteiger partial charge in [-0.25, -0.2) is 0 Å². The van der Waals surface area contributed by atoms with Gasteiger partial charge in [-0.05, 0) is 31.4 Å². The zero-order valence-electron chi connectivity index (χ0n) is 9.58. The first-order valence-corrected chi connectivity index (χ1v) is 5.84. The maximum absolute atomic E-state index is 5.72. The summed E-state index contributed by atoms with van der Waals surface area (Å²) in [6.45, 7) is 3.97. The Morgan fingerprint density at radius 1 is 1.27 bits per heavy atom. The van der Waals surface area contributed by atoms with Gasteiger partial charge in [-0.1, -0.05) is 37.3 Å². The van der Waals surface area contributed by atoms with Crippen molar-refractivity contribution in [3.63, 3.8) is 0 Å². The lowest BCUT2D eigenvalue weighted by Gasteiger charge is -2.16. The molecular weight excluding hydrogens is 184 g/mol. The first-order chi connectivity index (χ1) is 7.36. The Hall–Kier alpha value is -0.860. The van der Waals surface area contributed by atoms with Gasteiger partial charge in [0.25, 0.3) is 0 Å². The lowest BCUT2D eigenvalue weighted by molar-refractivity contribution is 0.488. The van der Waals surface area contributed by atoms with Gasteiger partial charge >= 0.3 is 0 Å². The molecule has 0 saturated carbocycles. The van der Waals surface area contributed by atoms with Crippen LogP contribution in [0.4, 0.5) is 0 Å². The van der Waals surface area contributed by atoms with Gasteiger partial charge in [-0.3, -0.25) is 0 Å². The fourth-order valence-electron chi connectivity index (χ4n) is 1.64. The molecule has 0 fully saturated rings. The van der Waals surface area contributed by atoms with E-state index in [2.05, 4.69) is 42.6 Å². The molecule has 0 aliphatic carbocycles. The van der Waals surface area contributed by atoms with Crippen LogP contribution in [0.15, 0.2) is 30.3 Å². The van der Waals surface area contributed by atoms with Gasteiger partial charge in [0, 0.05) is 12.6 Å². The highest BCUT2D eigenvalue weighted by molar-refractivity contribution is 5.14. The van der Waals surface area contributed by atoms with Crippen LogP contribution in [-0.2, 0) is 6.42 Å². The van der Waals surface area contributed by atoms with Crippen molar-refractivity contribution >= 4 is 0 Å². The monoisotopic (exact) mass is 206 g/mol. The normalized spacial score (nSPS) is 12.7. The van der Waals surface area contributed by atoms with Crippen LogP contribution in [0.5, 0.6) is 0 Å². The summed E-state index contributed by atoms with van der Waals surface area (Å²) in [4.78, 5) is 0. The molecule has 1 aromatic rings. The molecule has 15 heavy (non-hydrogen) atoms. The summed E-state index contributed by atoms with van der Waals surface area (Å²) < 4.78 is 0. The zero-order chi connectivity index (χ0) is 10.9. The molecule has 3 N–H and O–H groups in total. The number of hydrogen-bond acceptors (Lipinski definition) is 2. The Bertz CT molecular complexity index is 246. The molecular formula is C13H22N2. The van der Waals surface area contributed by atoms with E-state index in [9.17, 15) is 0 Å². The highest BCUT2D eigenvalue weighted by Gasteiger charge is 2.04. The van der Waals surface area contributed by atoms with Crippen molar-refractivity contribution in [3.8, 4) is 0 Å². The van der Waals surface area contributed by atoms with Crippen molar-refractivity contribution in [1.82, 2.24) is 5.32 Å². The van der Waals surface area contributed by atoms with Gasteiger partial charge in [0.05, 0.1) is 0 Å². The molecule has 2 nitrogen and oxygen atoms in total. The second-order valence-electron chi connectivity index (χ2n) is 3.91. The van der Waals surface area contributed by atoms with Gasteiger partial charge in [0.2, 0.25) is 0 Å². The predicted octanol–water partition coefficient (Wildman–Crippen LogP) is 1.95. The standard InChI is InChI=1S/C13H22N2/c1-2-10-15-13(11-14)9-8-12-6-4-3-5-7-12/h3-7,13,15H,2,8-11,14H2,1H3. The van der Waals surface area contributed by atoms with E-state index in [1.165, 1.54) is 12.0 Å². The van der Waals surface area contributed by atoms with Crippen LogP contribution in [0.1, 0.15) is 25.3 Å². The van der Waals surface area contributed by atoms with Crippen molar-refractivity contribution in [1.29, 1.82) is 0 Å². The Balaban J connectivity index is 2.28. The number of benzene rings is 1.